The van der Waals surface area contributed by atoms with E-state index in [0.29, 0.717) is 0 Å². The Bertz CT molecular complexity index is 252. The van der Waals surface area contributed by atoms with Crippen molar-refractivity contribution in [2.45, 2.75) is 0 Å². The first kappa shape index (κ1) is 5.73. The molecule has 2 aliphatic heterocycles. The summed E-state index contributed by atoms with van der Waals surface area (Å²) in [5.41, 5.74) is 1.77. The smallest absolute Gasteiger partial charge is 0.194 e. The molecule has 2 heterocycles. The van der Waals surface area contributed by atoms with E-state index in [9.17, 15) is 0 Å². The van der Waals surface area contributed by atoms with Gasteiger partial charge in [-0.05, 0) is 23.9 Å². The van der Waals surface area contributed by atoms with Crippen LogP contribution in [-0.4, -0.2) is 15.7 Å². The summed E-state index contributed by atoms with van der Waals surface area (Å²) in [4.78, 5) is 4.12. The van der Waals surface area contributed by atoms with Gasteiger partial charge in [0.25, 0.3) is 0 Å². The fourth-order valence-electron chi connectivity index (χ4n) is 0.704. The van der Waals surface area contributed by atoms with E-state index in [2.05, 4.69) is 10.1 Å². The van der Waals surface area contributed by atoms with Crippen LogP contribution >= 0.6 is 11.8 Å². The third kappa shape index (κ3) is 0.863. The first-order valence-corrected chi connectivity index (χ1v) is 3.74. The number of hydrogen-bond acceptors (Lipinski definition) is 4. The Labute approximate surface area is 62.8 Å². The summed E-state index contributed by atoms with van der Waals surface area (Å²) in [6, 6.07) is 0. The van der Waals surface area contributed by atoms with Crippen LogP contribution in [0.15, 0.2) is 34.6 Å². The number of allylic oxidation sites excluding steroid dienone is 2. The molecule has 0 bridgehead atoms. The lowest BCUT2D eigenvalue weighted by Gasteiger charge is -2.04. The molecule has 0 unspecified atom stereocenters. The molecule has 2 rings (SSSR count). The third-order valence-corrected chi connectivity index (χ3v) is 1.84. The lowest BCUT2D eigenvalue weighted by molar-refractivity contribution is 0.626. The maximum absolute atomic E-state index is 4.12. The molecule has 0 fully saturated rings. The van der Waals surface area contributed by atoms with Crippen LogP contribution < -0.4 is 0 Å². The average molecular weight is 151 g/mol. The highest BCUT2D eigenvalue weighted by Crippen LogP contribution is 2.16. The van der Waals surface area contributed by atoms with E-state index in [-0.39, 0.29) is 0 Å². The molecule has 0 atom stereocenters. The summed E-state index contributed by atoms with van der Waals surface area (Å²) in [7, 11) is 0. The van der Waals surface area contributed by atoms with E-state index in [1.807, 2.05) is 18.4 Å². The Kier molecular flexibility index (Phi) is 1.32. The summed E-state index contributed by atoms with van der Waals surface area (Å²) in [6.07, 6.45) is 7.41. The molecule has 0 aliphatic carbocycles. The van der Waals surface area contributed by atoms with E-state index in [4.69, 9.17) is 0 Å². The van der Waals surface area contributed by atoms with E-state index >= 15 is 0 Å². The van der Waals surface area contributed by atoms with Gasteiger partial charge < -0.3 is 0 Å². The van der Waals surface area contributed by atoms with Gasteiger partial charge in [-0.25, -0.2) is 10.0 Å². The summed E-state index contributed by atoms with van der Waals surface area (Å²) >= 11 is 1.52. The van der Waals surface area contributed by atoms with Gasteiger partial charge in [-0.15, -0.1) is 0 Å². The number of aliphatic imine (C=N–C) groups is 1. The van der Waals surface area contributed by atoms with Crippen LogP contribution in [0.5, 0.6) is 0 Å². The highest BCUT2D eigenvalue weighted by molar-refractivity contribution is 8.25. The van der Waals surface area contributed by atoms with Crippen LogP contribution in [0.2, 0.25) is 0 Å². The largest absolute Gasteiger partial charge is 0.231 e. The molecule has 0 amide bonds. The second-order valence-corrected chi connectivity index (χ2v) is 2.59. The van der Waals surface area contributed by atoms with Crippen LogP contribution in [0, 0.1) is 0 Å². The lowest BCUT2D eigenvalue weighted by Crippen LogP contribution is -2.10. The molecular formula is C6H5N3S. The number of thioether (sulfide) groups is 1. The summed E-state index contributed by atoms with van der Waals surface area (Å²) in [6.45, 7) is 0. The molecule has 0 radical (unpaired) electrons. The number of nitrogens with zero attached hydrogens (tertiary/aromatic N) is 3. The minimum absolute atomic E-state index is 0.907. The van der Waals surface area contributed by atoms with Gasteiger partial charge in [0.15, 0.2) is 5.17 Å². The van der Waals surface area contributed by atoms with E-state index < -0.39 is 0 Å². The number of amidine groups is 1. The maximum Gasteiger partial charge on any atom is 0.194 e. The van der Waals surface area contributed by atoms with Crippen molar-refractivity contribution in [3.8, 4) is 0 Å². The number of fused-ring (bicyclic) bond motifs is 1. The standard InChI is InChI=1S/C6H5N3S/c1-2-4-9-6(7-3-1)10-5-8-9/h1-5H. The van der Waals surface area contributed by atoms with Crippen molar-refractivity contribution in [2.24, 2.45) is 10.1 Å². The van der Waals surface area contributed by atoms with Crippen LogP contribution in [0.4, 0.5) is 0 Å². The second-order valence-electron chi connectivity index (χ2n) is 1.78. The molecule has 0 aromatic heterocycles. The number of hydrazone groups is 1. The molecule has 2 aliphatic rings. The van der Waals surface area contributed by atoms with Gasteiger partial charge in [0.05, 0.1) is 5.55 Å². The normalized spacial score (nSPS) is 20.8. The molecule has 10 heavy (non-hydrogen) atoms. The molecule has 4 heteroatoms. The van der Waals surface area contributed by atoms with Crippen LogP contribution in [0.25, 0.3) is 0 Å². The summed E-state index contributed by atoms with van der Waals surface area (Å²) < 4.78 is 0. The molecule has 3 nitrogen and oxygen atoms in total. The van der Waals surface area contributed by atoms with E-state index in [0.717, 1.165) is 5.17 Å². The minimum atomic E-state index is 0.907. The van der Waals surface area contributed by atoms with Gasteiger partial charge in [0.1, 0.15) is 0 Å². The number of hydrogen-bond donors (Lipinski definition) is 0. The van der Waals surface area contributed by atoms with Gasteiger partial charge >= 0.3 is 0 Å². The van der Waals surface area contributed by atoms with Crippen molar-refractivity contribution in [3.63, 3.8) is 0 Å². The van der Waals surface area contributed by atoms with Crippen molar-refractivity contribution in [1.29, 1.82) is 0 Å². The monoisotopic (exact) mass is 151 g/mol. The predicted molar refractivity (Wildman–Crippen MR) is 43.6 cm³/mol. The molecule has 0 aromatic rings. The fraction of sp³-hybridized carbons (Fsp3) is 0. The number of rotatable bonds is 0. The zero-order valence-corrected chi connectivity index (χ0v) is 5.95. The Hall–Kier alpha value is -1.03. The van der Waals surface area contributed by atoms with E-state index in [1.54, 1.807) is 16.8 Å². The van der Waals surface area contributed by atoms with Crippen LogP contribution in [-0.2, 0) is 0 Å². The molecule has 0 saturated heterocycles. The van der Waals surface area contributed by atoms with Gasteiger partial charge in [-0.1, -0.05) is 0 Å². The molecule has 50 valence electrons. The second kappa shape index (κ2) is 2.30. The molecule has 0 saturated carbocycles. The predicted octanol–water partition coefficient (Wildman–Crippen LogP) is 1.38. The van der Waals surface area contributed by atoms with Gasteiger partial charge in [0.2, 0.25) is 0 Å². The maximum atomic E-state index is 4.12. The first-order valence-electron chi connectivity index (χ1n) is 2.86. The van der Waals surface area contributed by atoms with Crippen molar-refractivity contribution in [3.05, 3.63) is 24.6 Å². The van der Waals surface area contributed by atoms with Crippen molar-refractivity contribution >= 4 is 22.5 Å². The molecule has 0 spiro atoms. The van der Waals surface area contributed by atoms with Gasteiger partial charge in [-0.3, -0.25) is 0 Å². The summed E-state index contributed by atoms with van der Waals surface area (Å²) in [5, 5.41) is 6.68. The Balaban J connectivity index is 2.35. The van der Waals surface area contributed by atoms with Crippen molar-refractivity contribution in [2.75, 3.05) is 0 Å². The zero-order chi connectivity index (χ0) is 6.81. The quantitative estimate of drug-likeness (QED) is 0.523. The van der Waals surface area contributed by atoms with Crippen molar-refractivity contribution < 1.29 is 0 Å². The zero-order valence-electron chi connectivity index (χ0n) is 5.14. The third-order valence-electron chi connectivity index (χ3n) is 1.14. The minimum Gasteiger partial charge on any atom is -0.231 e. The molecular weight excluding hydrogens is 146 g/mol. The van der Waals surface area contributed by atoms with Gasteiger partial charge in [-0.2, -0.15) is 5.10 Å². The molecule has 0 N–H and O–H groups in total. The van der Waals surface area contributed by atoms with Crippen LogP contribution in [0.1, 0.15) is 0 Å². The lowest BCUT2D eigenvalue weighted by atomic mass is 10.6. The first-order chi connectivity index (χ1) is 4.97. The Morgan fingerprint density at radius 3 is 3.40 bits per heavy atom. The topological polar surface area (TPSA) is 28.0 Å². The SMILES string of the molecule is C1=CN=C2SC=NN2C=C1. The van der Waals surface area contributed by atoms with E-state index in [1.165, 1.54) is 11.8 Å². The molecule has 0 aromatic carbocycles. The van der Waals surface area contributed by atoms with Crippen molar-refractivity contribution in [1.82, 2.24) is 5.01 Å². The highest BCUT2D eigenvalue weighted by atomic mass is 32.2. The van der Waals surface area contributed by atoms with Crippen LogP contribution in [0.3, 0.4) is 0 Å². The summed E-state index contributed by atoms with van der Waals surface area (Å²) in [5.74, 6) is 0. The highest BCUT2D eigenvalue weighted by Gasteiger charge is 2.12. The Morgan fingerprint density at radius 1 is 1.40 bits per heavy atom. The average Bonchev–Trinajstić information content (AvgIpc) is 2.28. The van der Waals surface area contributed by atoms with Gasteiger partial charge in [0, 0.05) is 12.4 Å². The Morgan fingerprint density at radius 2 is 2.40 bits per heavy atom. The fourth-order valence-corrected chi connectivity index (χ4v) is 1.29.